The first-order valence-electron chi connectivity index (χ1n) is 10.1. The summed E-state index contributed by atoms with van der Waals surface area (Å²) in [6, 6.07) is 14.8. The molecule has 0 spiro atoms. The van der Waals surface area contributed by atoms with Gasteiger partial charge >= 0.3 is 12.1 Å². The van der Waals surface area contributed by atoms with Gasteiger partial charge in [-0.3, -0.25) is 9.69 Å². The molecule has 164 valence electrons. The number of nitrogens with one attached hydrogen (secondary N) is 1. The molecular weight excluding hydrogens is 420 g/mol. The average Bonchev–Trinajstić information content (AvgIpc) is 3.27. The predicted octanol–water partition coefficient (Wildman–Crippen LogP) is 3.34. The molecular formula is C23H25ClN2O5. The zero-order valence-electron chi connectivity index (χ0n) is 17.3. The second-order valence-corrected chi connectivity index (χ2v) is 7.75. The standard InChI is InChI=1S/C23H25ClN2O5/c1-30-22(28)19(14-17-9-5-10-18(24)13-17)25-21(27)20-11-6-12-26(20)23(29)31-15-16-7-3-2-4-8-16/h2-5,7-10,13,19-20H,6,11-12,14-15H2,1H3,(H,25,27)/t19-,20-/m1/s1. The van der Waals surface area contributed by atoms with E-state index in [0.29, 0.717) is 24.4 Å². The molecule has 7 nitrogen and oxygen atoms in total. The van der Waals surface area contributed by atoms with E-state index < -0.39 is 30.1 Å². The van der Waals surface area contributed by atoms with Gasteiger partial charge in [-0.1, -0.05) is 54.1 Å². The van der Waals surface area contributed by atoms with Crippen molar-refractivity contribution in [3.8, 4) is 0 Å². The van der Waals surface area contributed by atoms with E-state index in [0.717, 1.165) is 11.1 Å². The lowest BCUT2D eigenvalue weighted by molar-refractivity contribution is -0.145. The van der Waals surface area contributed by atoms with E-state index in [4.69, 9.17) is 21.1 Å². The van der Waals surface area contributed by atoms with E-state index in [1.807, 2.05) is 36.4 Å². The van der Waals surface area contributed by atoms with Crippen LogP contribution in [0, 0.1) is 0 Å². The van der Waals surface area contributed by atoms with Gasteiger partial charge in [-0.25, -0.2) is 9.59 Å². The van der Waals surface area contributed by atoms with Crippen molar-refractivity contribution in [1.82, 2.24) is 10.2 Å². The van der Waals surface area contributed by atoms with Gasteiger partial charge in [0.05, 0.1) is 7.11 Å². The van der Waals surface area contributed by atoms with Crippen molar-refractivity contribution in [3.05, 3.63) is 70.7 Å². The van der Waals surface area contributed by atoms with Crippen molar-refractivity contribution in [2.45, 2.75) is 38.0 Å². The number of likely N-dealkylation sites (tertiary alicyclic amines) is 1. The van der Waals surface area contributed by atoms with Crippen LogP contribution < -0.4 is 5.32 Å². The van der Waals surface area contributed by atoms with Gasteiger partial charge in [0, 0.05) is 18.0 Å². The van der Waals surface area contributed by atoms with Gasteiger partial charge in [-0.2, -0.15) is 0 Å². The molecule has 2 atom stereocenters. The first-order chi connectivity index (χ1) is 15.0. The lowest BCUT2D eigenvalue weighted by atomic mass is 10.1. The second-order valence-electron chi connectivity index (χ2n) is 7.31. The molecule has 1 aliphatic heterocycles. The van der Waals surface area contributed by atoms with E-state index >= 15 is 0 Å². The highest BCUT2D eigenvalue weighted by atomic mass is 35.5. The number of nitrogens with zero attached hydrogens (tertiary/aromatic N) is 1. The predicted molar refractivity (Wildman–Crippen MR) is 115 cm³/mol. The average molecular weight is 445 g/mol. The maximum Gasteiger partial charge on any atom is 0.410 e. The fraction of sp³-hybridized carbons (Fsp3) is 0.348. The van der Waals surface area contributed by atoms with Gasteiger partial charge in [0.2, 0.25) is 5.91 Å². The van der Waals surface area contributed by atoms with E-state index in [-0.39, 0.29) is 13.0 Å². The summed E-state index contributed by atoms with van der Waals surface area (Å²) in [6.07, 6.45) is 0.850. The van der Waals surface area contributed by atoms with Crippen molar-refractivity contribution in [2.75, 3.05) is 13.7 Å². The maximum absolute atomic E-state index is 12.9. The summed E-state index contributed by atoms with van der Waals surface area (Å²) in [5, 5.41) is 3.27. The van der Waals surface area contributed by atoms with Crippen LogP contribution in [0.1, 0.15) is 24.0 Å². The number of amides is 2. The van der Waals surface area contributed by atoms with Crippen LogP contribution in [0.25, 0.3) is 0 Å². The van der Waals surface area contributed by atoms with Crippen molar-refractivity contribution in [3.63, 3.8) is 0 Å². The van der Waals surface area contributed by atoms with E-state index in [2.05, 4.69) is 5.32 Å². The van der Waals surface area contributed by atoms with Crippen LogP contribution in [-0.2, 0) is 32.1 Å². The van der Waals surface area contributed by atoms with Crippen molar-refractivity contribution in [2.24, 2.45) is 0 Å². The van der Waals surface area contributed by atoms with Crippen molar-refractivity contribution >= 4 is 29.6 Å². The van der Waals surface area contributed by atoms with Crippen LogP contribution in [0.4, 0.5) is 4.79 Å². The lowest BCUT2D eigenvalue weighted by Gasteiger charge is -2.25. The van der Waals surface area contributed by atoms with E-state index in [1.54, 1.807) is 18.2 Å². The number of hydrogen-bond acceptors (Lipinski definition) is 5. The van der Waals surface area contributed by atoms with E-state index in [9.17, 15) is 14.4 Å². The SMILES string of the molecule is COC(=O)[C@@H](Cc1cccc(Cl)c1)NC(=O)[C@H]1CCCN1C(=O)OCc1ccccc1. The lowest BCUT2D eigenvalue weighted by Crippen LogP contribution is -2.51. The van der Waals surface area contributed by atoms with Crippen LogP contribution >= 0.6 is 11.6 Å². The molecule has 3 rings (SSSR count). The Morgan fingerprint density at radius 3 is 2.58 bits per heavy atom. The number of hydrogen-bond donors (Lipinski definition) is 1. The molecule has 1 fully saturated rings. The molecule has 31 heavy (non-hydrogen) atoms. The highest BCUT2D eigenvalue weighted by Gasteiger charge is 2.37. The van der Waals surface area contributed by atoms with Gasteiger partial charge in [0.1, 0.15) is 18.7 Å². The number of rotatable bonds is 7. The van der Waals surface area contributed by atoms with Gasteiger partial charge < -0.3 is 14.8 Å². The quantitative estimate of drug-likeness (QED) is 0.662. The molecule has 0 aliphatic carbocycles. The molecule has 0 radical (unpaired) electrons. The normalized spacial score (nSPS) is 16.5. The molecule has 1 N–H and O–H groups in total. The number of benzene rings is 2. The summed E-state index contributed by atoms with van der Waals surface area (Å²) in [5.74, 6) is -0.976. The summed E-state index contributed by atoms with van der Waals surface area (Å²) in [6.45, 7) is 0.549. The topological polar surface area (TPSA) is 84.9 Å². The Bertz CT molecular complexity index is 921. The first-order valence-corrected chi connectivity index (χ1v) is 10.5. The summed E-state index contributed by atoms with van der Waals surface area (Å²) >= 11 is 6.02. The number of carbonyl (C=O) groups excluding carboxylic acids is 3. The third-order valence-corrected chi connectivity index (χ3v) is 5.36. The smallest absolute Gasteiger partial charge is 0.410 e. The van der Waals surface area contributed by atoms with Crippen LogP contribution in [0.3, 0.4) is 0 Å². The summed E-state index contributed by atoms with van der Waals surface area (Å²) < 4.78 is 10.2. The minimum Gasteiger partial charge on any atom is -0.467 e. The molecule has 0 aromatic heterocycles. The molecule has 2 aromatic carbocycles. The maximum atomic E-state index is 12.9. The van der Waals surface area contributed by atoms with Gasteiger partial charge in [0.25, 0.3) is 0 Å². The Morgan fingerprint density at radius 1 is 1.13 bits per heavy atom. The third-order valence-electron chi connectivity index (χ3n) is 5.13. The zero-order valence-corrected chi connectivity index (χ0v) is 18.0. The fourth-order valence-electron chi connectivity index (χ4n) is 3.56. The number of methoxy groups -OCH3 is 1. The van der Waals surface area contributed by atoms with Crippen molar-refractivity contribution in [1.29, 1.82) is 0 Å². The largest absolute Gasteiger partial charge is 0.467 e. The van der Waals surface area contributed by atoms with E-state index in [1.165, 1.54) is 12.0 Å². The first kappa shape index (κ1) is 22.6. The molecule has 0 saturated carbocycles. The van der Waals surface area contributed by atoms with Crippen molar-refractivity contribution < 1.29 is 23.9 Å². The highest BCUT2D eigenvalue weighted by Crippen LogP contribution is 2.20. The monoisotopic (exact) mass is 444 g/mol. The molecule has 1 saturated heterocycles. The van der Waals surface area contributed by atoms with Crippen LogP contribution in [0.2, 0.25) is 5.02 Å². The Labute approximate surface area is 186 Å². The Hall–Kier alpha value is -3.06. The molecule has 2 amide bonds. The summed E-state index contributed by atoms with van der Waals surface area (Å²) in [7, 11) is 1.27. The number of carbonyl (C=O) groups is 3. The third kappa shape index (κ3) is 6.21. The molecule has 8 heteroatoms. The van der Waals surface area contributed by atoms with Crippen LogP contribution in [0.15, 0.2) is 54.6 Å². The summed E-state index contributed by atoms with van der Waals surface area (Å²) in [4.78, 5) is 39.1. The van der Waals surface area contributed by atoms with Gasteiger partial charge in [0.15, 0.2) is 0 Å². The second kappa shape index (κ2) is 10.8. The fourth-order valence-corrected chi connectivity index (χ4v) is 3.78. The summed E-state index contributed by atoms with van der Waals surface area (Å²) in [5.41, 5.74) is 1.65. The molecule has 1 aliphatic rings. The number of ether oxygens (including phenoxy) is 2. The Morgan fingerprint density at radius 2 is 1.87 bits per heavy atom. The molecule has 2 aromatic rings. The van der Waals surface area contributed by atoms with Crippen LogP contribution in [-0.4, -0.2) is 48.6 Å². The van der Waals surface area contributed by atoms with Gasteiger partial charge in [-0.05, 0) is 36.1 Å². The minimum absolute atomic E-state index is 0.129. The highest BCUT2D eigenvalue weighted by molar-refractivity contribution is 6.30. The zero-order chi connectivity index (χ0) is 22.2. The molecule has 1 heterocycles. The molecule has 0 bridgehead atoms. The number of halogens is 1. The molecule has 0 unspecified atom stereocenters. The Kier molecular flexibility index (Phi) is 7.89. The number of esters is 1. The van der Waals surface area contributed by atoms with Gasteiger partial charge in [-0.15, -0.1) is 0 Å². The van der Waals surface area contributed by atoms with Crippen LogP contribution in [0.5, 0.6) is 0 Å². The Balaban J connectivity index is 1.63. The minimum atomic E-state index is -0.890.